The molecule has 2 nitrogen and oxygen atoms in total. The van der Waals surface area contributed by atoms with Gasteiger partial charge in [0.2, 0.25) is 0 Å². The fraction of sp³-hybridized carbons (Fsp3) is 0.889. The highest BCUT2D eigenvalue weighted by molar-refractivity contribution is 8.13. The Labute approximate surface area is 80.7 Å². The van der Waals surface area contributed by atoms with Crippen LogP contribution in [-0.4, -0.2) is 29.5 Å². The topological polar surface area (TPSA) is 20.3 Å². The Bertz CT molecular complexity index is 107. The fourth-order valence-electron chi connectivity index (χ4n) is 0.663. The summed E-state index contributed by atoms with van der Waals surface area (Å²) in [6, 6.07) is 0. The number of nitrogens with zero attached hydrogens (tertiary/aromatic N) is 1. The van der Waals surface area contributed by atoms with Crippen LogP contribution < -0.4 is 0 Å². The zero-order chi connectivity index (χ0) is 9.98. The molecule has 0 aromatic rings. The molecular formula is C9H21NOS. The highest BCUT2D eigenvalue weighted by atomic mass is 32.2. The average Bonchev–Trinajstić information content (AvgIpc) is 2.17. The Hall–Kier alpha value is -0.180. The summed E-state index contributed by atoms with van der Waals surface area (Å²) in [6.07, 6.45) is 1.15. The van der Waals surface area contributed by atoms with Gasteiger partial charge in [-0.1, -0.05) is 39.5 Å². The van der Waals surface area contributed by atoms with E-state index in [-0.39, 0.29) is 5.24 Å². The standard InChI is InChI=1S/C5H9NOS.2C2H6/c1-6-3-2-4-8-5(6)7;2*1-2/h2-4H2,1H3;2*1-2H3. The summed E-state index contributed by atoms with van der Waals surface area (Å²) >= 11 is 1.41. The van der Waals surface area contributed by atoms with Crippen molar-refractivity contribution in [1.29, 1.82) is 0 Å². The quantitative estimate of drug-likeness (QED) is 0.586. The van der Waals surface area contributed by atoms with Gasteiger partial charge in [-0.15, -0.1) is 0 Å². The third-order valence-electron chi connectivity index (χ3n) is 1.18. The maximum atomic E-state index is 10.7. The Morgan fingerprint density at radius 1 is 1.25 bits per heavy atom. The zero-order valence-corrected chi connectivity index (χ0v) is 9.70. The van der Waals surface area contributed by atoms with Gasteiger partial charge in [-0.3, -0.25) is 4.79 Å². The second kappa shape index (κ2) is 10.8. The van der Waals surface area contributed by atoms with E-state index in [9.17, 15) is 4.79 Å². The molecule has 0 bridgehead atoms. The predicted octanol–water partition coefficient (Wildman–Crippen LogP) is 3.23. The number of amides is 1. The smallest absolute Gasteiger partial charge is 0.281 e. The molecule has 74 valence electrons. The monoisotopic (exact) mass is 191 g/mol. The number of hydrogen-bond acceptors (Lipinski definition) is 2. The molecule has 0 atom stereocenters. The second-order valence-corrected chi connectivity index (χ2v) is 2.94. The van der Waals surface area contributed by atoms with Crippen molar-refractivity contribution in [1.82, 2.24) is 4.90 Å². The van der Waals surface area contributed by atoms with E-state index in [4.69, 9.17) is 0 Å². The van der Waals surface area contributed by atoms with Crippen molar-refractivity contribution >= 4 is 17.0 Å². The Morgan fingerprint density at radius 3 is 2.00 bits per heavy atom. The SMILES string of the molecule is CC.CC.CN1CCCSC1=O. The van der Waals surface area contributed by atoms with E-state index in [0.29, 0.717) is 0 Å². The first-order valence-corrected chi connectivity index (χ1v) is 5.67. The first-order chi connectivity index (χ1) is 5.80. The number of carbonyl (C=O) groups is 1. The Kier molecular flexibility index (Phi) is 12.9. The number of hydrogen-bond donors (Lipinski definition) is 0. The van der Waals surface area contributed by atoms with Crippen molar-refractivity contribution in [3.05, 3.63) is 0 Å². The third kappa shape index (κ3) is 6.53. The second-order valence-electron chi connectivity index (χ2n) is 1.89. The van der Waals surface area contributed by atoms with Crippen molar-refractivity contribution in [3.63, 3.8) is 0 Å². The van der Waals surface area contributed by atoms with Crippen LogP contribution in [0.1, 0.15) is 34.1 Å². The highest BCUT2D eigenvalue weighted by Crippen LogP contribution is 2.14. The molecule has 0 N–H and O–H groups in total. The molecule has 0 aromatic carbocycles. The van der Waals surface area contributed by atoms with Gasteiger partial charge in [-0.05, 0) is 6.42 Å². The summed E-state index contributed by atoms with van der Waals surface area (Å²) in [7, 11) is 1.84. The van der Waals surface area contributed by atoms with Crippen molar-refractivity contribution in [2.24, 2.45) is 0 Å². The fourth-order valence-corrected chi connectivity index (χ4v) is 1.42. The zero-order valence-electron chi connectivity index (χ0n) is 8.89. The lowest BCUT2D eigenvalue weighted by Crippen LogP contribution is -2.28. The maximum Gasteiger partial charge on any atom is 0.281 e. The van der Waals surface area contributed by atoms with E-state index in [1.54, 1.807) is 4.90 Å². The van der Waals surface area contributed by atoms with Crippen LogP contribution in [0.2, 0.25) is 0 Å². The number of thioether (sulfide) groups is 1. The van der Waals surface area contributed by atoms with E-state index in [2.05, 4.69) is 0 Å². The number of carbonyl (C=O) groups excluding carboxylic acids is 1. The van der Waals surface area contributed by atoms with Gasteiger partial charge in [0.1, 0.15) is 0 Å². The van der Waals surface area contributed by atoms with Crippen LogP contribution in [0.5, 0.6) is 0 Å². The van der Waals surface area contributed by atoms with Crippen LogP contribution in [0.3, 0.4) is 0 Å². The normalized spacial score (nSPS) is 15.4. The first-order valence-electron chi connectivity index (χ1n) is 4.68. The summed E-state index contributed by atoms with van der Waals surface area (Å²) in [4.78, 5) is 12.4. The third-order valence-corrected chi connectivity index (χ3v) is 2.23. The summed E-state index contributed by atoms with van der Waals surface area (Å²) in [5.41, 5.74) is 0. The molecule has 1 aliphatic heterocycles. The average molecular weight is 191 g/mol. The van der Waals surface area contributed by atoms with Crippen LogP contribution in [0.4, 0.5) is 4.79 Å². The molecule has 0 radical (unpaired) electrons. The van der Waals surface area contributed by atoms with Gasteiger partial charge in [0.05, 0.1) is 0 Å². The molecular weight excluding hydrogens is 170 g/mol. The Balaban J connectivity index is 0. The van der Waals surface area contributed by atoms with Crippen LogP contribution in [-0.2, 0) is 0 Å². The van der Waals surface area contributed by atoms with E-state index >= 15 is 0 Å². The predicted molar refractivity (Wildman–Crippen MR) is 57.8 cm³/mol. The molecule has 1 saturated heterocycles. The lowest BCUT2D eigenvalue weighted by molar-refractivity contribution is 0.232. The van der Waals surface area contributed by atoms with Gasteiger partial charge < -0.3 is 4.90 Å². The maximum absolute atomic E-state index is 10.7. The van der Waals surface area contributed by atoms with Crippen molar-refractivity contribution in [2.45, 2.75) is 34.1 Å². The lowest BCUT2D eigenvalue weighted by Gasteiger charge is -2.20. The highest BCUT2D eigenvalue weighted by Gasteiger charge is 2.12. The molecule has 3 heteroatoms. The van der Waals surface area contributed by atoms with E-state index in [1.165, 1.54) is 11.8 Å². The minimum Gasteiger partial charge on any atom is -0.337 e. The minimum atomic E-state index is 0.219. The Morgan fingerprint density at radius 2 is 1.75 bits per heavy atom. The molecule has 0 aliphatic carbocycles. The van der Waals surface area contributed by atoms with E-state index < -0.39 is 0 Å². The number of rotatable bonds is 0. The van der Waals surface area contributed by atoms with Gasteiger partial charge in [0.25, 0.3) is 5.24 Å². The van der Waals surface area contributed by atoms with Crippen LogP contribution in [0.25, 0.3) is 0 Å². The van der Waals surface area contributed by atoms with Crippen LogP contribution in [0.15, 0.2) is 0 Å². The molecule has 0 spiro atoms. The molecule has 1 fully saturated rings. The summed E-state index contributed by atoms with van der Waals surface area (Å²) in [5, 5.41) is 0.219. The van der Waals surface area contributed by atoms with Crippen molar-refractivity contribution in [2.75, 3.05) is 19.3 Å². The molecule has 0 aromatic heterocycles. The summed E-state index contributed by atoms with van der Waals surface area (Å²) in [5.74, 6) is 1.00. The molecule has 0 saturated carbocycles. The summed E-state index contributed by atoms with van der Waals surface area (Å²) in [6.45, 7) is 8.94. The van der Waals surface area contributed by atoms with Crippen LogP contribution in [0, 0.1) is 0 Å². The molecule has 0 unspecified atom stereocenters. The van der Waals surface area contributed by atoms with Gasteiger partial charge >= 0.3 is 0 Å². The van der Waals surface area contributed by atoms with Gasteiger partial charge in [-0.25, -0.2) is 0 Å². The molecule has 1 amide bonds. The van der Waals surface area contributed by atoms with E-state index in [1.807, 2.05) is 34.7 Å². The molecule has 12 heavy (non-hydrogen) atoms. The van der Waals surface area contributed by atoms with Crippen molar-refractivity contribution < 1.29 is 4.79 Å². The van der Waals surface area contributed by atoms with Gasteiger partial charge in [0.15, 0.2) is 0 Å². The lowest BCUT2D eigenvalue weighted by atomic mass is 10.4. The minimum absolute atomic E-state index is 0.219. The van der Waals surface area contributed by atoms with Crippen molar-refractivity contribution in [3.8, 4) is 0 Å². The van der Waals surface area contributed by atoms with Gasteiger partial charge in [0, 0.05) is 19.3 Å². The molecule has 1 heterocycles. The summed E-state index contributed by atoms with van der Waals surface area (Å²) < 4.78 is 0. The van der Waals surface area contributed by atoms with Crippen LogP contribution >= 0.6 is 11.8 Å². The largest absolute Gasteiger partial charge is 0.337 e. The van der Waals surface area contributed by atoms with Gasteiger partial charge in [-0.2, -0.15) is 0 Å². The van der Waals surface area contributed by atoms with E-state index in [0.717, 1.165) is 18.7 Å². The molecule has 1 rings (SSSR count). The molecule has 1 aliphatic rings. The first kappa shape index (κ1) is 14.3.